The molecule has 4 N–H and O–H groups in total. The van der Waals surface area contributed by atoms with Gasteiger partial charge in [0.05, 0.1) is 6.54 Å². The lowest BCUT2D eigenvalue weighted by Gasteiger charge is -2.18. The molecule has 100 valence electrons. The molecule has 0 saturated heterocycles. The summed E-state index contributed by atoms with van der Waals surface area (Å²) < 4.78 is 0. The molecular weight excluding hydrogens is 232 g/mol. The van der Waals surface area contributed by atoms with Crippen molar-refractivity contribution in [2.24, 2.45) is 11.8 Å². The van der Waals surface area contributed by atoms with Gasteiger partial charge in [-0.3, -0.25) is 4.79 Å². The number of nitrogens with zero attached hydrogens (tertiary/aromatic N) is 3. The number of hydrazine groups is 1. The molecule has 1 aromatic rings. The van der Waals surface area contributed by atoms with Crippen LogP contribution in [-0.2, 0) is 4.79 Å². The van der Waals surface area contributed by atoms with Crippen LogP contribution in [0.15, 0.2) is 12.4 Å². The normalized spacial score (nSPS) is 10.3. The largest absolute Gasteiger partial charge is 0.354 e. The van der Waals surface area contributed by atoms with E-state index in [1.807, 2.05) is 13.8 Å². The number of carbonyl (C=O) groups is 1. The molecule has 7 nitrogen and oxygen atoms in total. The fourth-order valence-corrected chi connectivity index (χ4v) is 1.30. The summed E-state index contributed by atoms with van der Waals surface area (Å²) in [7, 11) is 1.79. The first-order valence-corrected chi connectivity index (χ1v) is 5.79. The van der Waals surface area contributed by atoms with Crippen molar-refractivity contribution in [3.05, 3.63) is 12.4 Å². The van der Waals surface area contributed by atoms with Crippen LogP contribution in [0.2, 0.25) is 0 Å². The molecule has 0 spiro atoms. The van der Waals surface area contributed by atoms with Crippen molar-refractivity contribution in [3.63, 3.8) is 0 Å². The Morgan fingerprint density at radius 1 is 1.50 bits per heavy atom. The average molecular weight is 252 g/mol. The molecule has 0 radical (unpaired) electrons. The second-order valence-electron chi connectivity index (χ2n) is 4.46. The summed E-state index contributed by atoms with van der Waals surface area (Å²) >= 11 is 0. The number of anilines is 2. The minimum absolute atomic E-state index is 0.0351. The average Bonchev–Trinajstić information content (AvgIpc) is 2.36. The Bertz CT molecular complexity index is 395. The number of likely N-dealkylation sites (N-methyl/N-ethyl adjacent to an activating group) is 1. The summed E-state index contributed by atoms with van der Waals surface area (Å²) in [4.78, 5) is 21.4. The quantitative estimate of drug-likeness (QED) is 0.486. The van der Waals surface area contributed by atoms with Gasteiger partial charge in [0, 0.05) is 19.7 Å². The van der Waals surface area contributed by atoms with Gasteiger partial charge in [0.25, 0.3) is 0 Å². The predicted octanol–water partition coefficient (Wildman–Crippen LogP) is -0.0294. The topological polar surface area (TPSA) is 96.2 Å². The molecule has 0 fully saturated rings. The maximum Gasteiger partial charge on any atom is 0.239 e. The molecule has 1 rings (SSSR count). The number of nitrogen functional groups attached to an aromatic ring is 1. The van der Waals surface area contributed by atoms with E-state index >= 15 is 0 Å². The number of nitrogens with two attached hydrogens (primary N) is 1. The zero-order chi connectivity index (χ0) is 13.5. The number of carbonyl (C=O) groups excluding carboxylic acids is 1. The molecule has 0 aliphatic carbocycles. The molecule has 0 unspecified atom stereocenters. The van der Waals surface area contributed by atoms with E-state index in [2.05, 4.69) is 20.7 Å². The van der Waals surface area contributed by atoms with Crippen LogP contribution in [0.5, 0.6) is 0 Å². The van der Waals surface area contributed by atoms with Crippen molar-refractivity contribution in [1.29, 1.82) is 0 Å². The van der Waals surface area contributed by atoms with Gasteiger partial charge < -0.3 is 15.6 Å². The van der Waals surface area contributed by atoms with E-state index in [-0.39, 0.29) is 12.5 Å². The second-order valence-corrected chi connectivity index (χ2v) is 4.46. The van der Waals surface area contributed by atoms with Crippen molar-refractivity contribution in [2.45, 2.75) is 13.8 Å². The van der Waals surface area contributed by atoms with E-state index < -0.39 is 0 Å². The van der Waals surface area contributed by atoms with E-state index in [4.69, 9.17) is 5.84 Å². The molecule has 0 aromatic carbocycles. The SMILES string of the molecule is CC(C)CNC(=O)CN(C)c1cc(NN)ncn1. The van der Waals surface area contributed by atoms with Crippen LogP contribution >= 0.6 is 0 Å². The van der Waals surface area contributed by atoms with Gasteiger partial charge in [-0.05, 0) is 5.92 Å². The van der Waals surface area contributed by atoms with Crippen LogP contribution < -0.4 is 21.5 Å². The molecule has 1 aromatic heterocycles. The van der Waals surface area contributed by atoms with Gasteiger partial charge in [0.2, 0.25) is 5.91 Å². The van der Waals surface area contributed by atoms with Gasteiger partial charge >= 0.3 is 0 Å². The van der Waals surface area contributed by atoms with Crippen molar-refractivity contribution >= 4 is 17.5 Å². The van der Waals surface area contributed by atoms with Crippen LogP contribution in [-0.4, -0.2) is 36.0 Å². The highest BCUT2D eigenvalue weighted by atomic mass is 16.2. The molecule has 0 saturated carbocycles. The van der Waals surface area contributed by atoms with Crippen LogP contribution in [0.1, 0.15) is 13.8 Å². The minimum Gasteiger partial charge on any atom is -0.354 e. The summed E-state index contributed by atoms with van der Waals surface area (Å²) in [5.41, 5.74) is 2.44. The van der Waals surface area contributed by atoms with E-state index in [0.29, 0.717) is 24.1 Å². The molecule has 1 amide bonds. The Kier molecular flexibility index (Phi) is 5.31. The molecule has 7 heteroatoms. The highest BCUT2D eigenvalue weighted by Crippen LogP contribution is 2.10. The summed E-state index contributed by atoms with van der Waals surface area (Å²) in [5.74, 6) is 6.81. The Morgan fingerprint density at radius 2 is 2.22 bits per heavy atom. The predicted molar refractivity (Wildman–Crippen MR) is 71.0 cm³/mol. The van der Waals surface area contributed by atoms with Gasteiger partial charge in [0.15, 0.2) is 0 Å². The lowest BCUT2D eigenvalue weighted by molar-refractivity contribution is -0.119. The molecule has 0 aliphatic heterocycles. The number of hydrogen-bond acceptors (Lipinski definition) is 6. The molecule has 0 bridgehead atoms. The summed E-state index contributed by atoms with van der Waals surface area (Å²) in [6.07, 6.45) is 1.40. The first-order valence-electron chi connectivity index (χ1n) is 5.79. The zero-order valence-corrected chi connectivity index (χ0v) is 11.0. The summed E-state index contributed by atoms with van der Waals surface area (Å²) in [6.45, 7) is 5.01. The summed E-state index contributed by atoms with van der Waals surface area (Å²) in [5, 5.41) is 2.85. The molecule has 0 aliphatic rings. The maximum absolute atomic E-state index is 11.6. The third kappa shape index (κ3) is 4.54. The van der Waals surface area contributed by atoms with Crippen LogP contribution in [0.3, 0.4) is 0 Å². The fraction of sp³-hybridized carbons (Fsp3) is 0.545. The van der Waals surface area contributed by atoms with Gasteiger partial charge in [0.1, 0.15) is 18.0 Å². The van der Waals surface area contributed by atoms with E-state index in [9.17, 15) is 4.79 Å². The molecular formula is C11H20N6O. The van der Waals surface area contributed by atoms with Crippen molar-refractivity contribution in [1.82, 2.24) is 15.3 Å². The van der Waals surface area contributed by atoms with E-state index in [1.54, 1.807) is 18.0 Å². The molecule has 1 heterocycles. The van der Waals surface area contributed by atoms with Gasteiger partial charge in [-0.25, -0.2) is 15.8 Å². The lowest BCUT2D eigenvalue weighted by Crippen LogP contribution is -2.37. The number of rotatable bonds is 6. The monoisotopic (exact) mass is 252 g/mol. The van der Waals surface area contributed by atoms with Gasteiger partial charge in [-0.2, -0.15) is 0 Å². The Hall–Kier alpha value is -1.89. The highest BCUT2D eigenvalue weighted by Gasteiger charge is 2.09. The third-order valence-electron chi connectivity index (χ3n) is 2.28. The Morgan fingerprint density at radius 3 is 2.83 bits per heavy atom. The van der Waals surface area contributed by atoms with E-state index in [0.717, 1.165) is 0 Å². The standard InChI is InChI=1S/C11H20N6O/c1-8(2)5-13-11(18)6-17(3)10-4-9(16-12)14-7-15-10/h4,7-8H,5-6,12H2,1-3H3,(H,13,18)(H,14,15,16). The zero-order valence-electron chi connectivity index (χ0n) is 11.0. The van der Waals surface area contributed by atoms with E-state index in [1.165, 1.54) is 6.33 Å². The number of aromatic nitrogens is 2. The van der Waals surface area contributed by atoms with Gasteiger partial charge in [-0.15, -0.1) is 0 Å². The van der Waals surface area contributed by atoms with Crippen molar-refractivity contribution < 1.29 is 4.79 Å². The Labute approximate surface area is 107 Å². The maximum atomic E-state index is 11.6. The second kappa shape index (κ2) is 6.75. The number of hydrogen-bond donors (Lipinski definition) is 3. The highest BCUT2D eigenvalue weighted by molar-refractivity contribution is 5.80. The number of amides is 1. The van der Waals surface area contributed by atoms with Gasteiger partial charge in [-0.1, -0.05) is 13.8 Å². The fourth-order valence-electron chi connectivity index (χ4n) is 1.30. The summed E-state index contributed by atoms with van der Waals surface area (Å²) in [6, 6.07) is 1.68. The molecule has 0 atom stereocenters. The third-order valence-corrected chi connectivity index (χ3v) is 2.28. The smallest absolute Gasteiger partial charge is 0.239 e. The minimum atomic E-state index is -0.0351. The van der Waals surface area contributed by atoms with Crippen LogP contribution in [0.4, 0.5) is 11.6 Å². The Balaban J connectivity index is 2.53. The van der Waals surface area contributed by atoms with Crippen molar-refractivity contribution in [2.75, 3.05) is 30.5 Å². The van der Waals surface area contributed by atoms with Crippen LogP contribution in [0.25, 0.3) is 0 Å². The van der Waals surface area contributed by atoms with Crippen molar-refractivity contribution in [3.8, 4) is 0 Å². The molecule has 18 heavy (non-hydrogen) atoms. The first-order chi connectivity index (χ1) is 8.52. The first kappa shape index (κ1) is 14.2. The van der Waals surface area contributed by atoms with Crippen LogP contribution in [0, 0.1) is 5.92 Å². The lowest BCUT2D eigenvalue weighted by atomic mass is 10.2. The number of nitrogens with one attached hydrogen (secondary N) is 2.